The molecule has 0 rings (SSSR count). The van der Waals surface area contributed by atoms with Crippen molar-refractivity contribution in [2.45, 2.75) is 6.92 Å². The molecule has 0 aromatic rings. The van der Waals surface area contributed by atoms with Crippen LogP contribution in [0.5, 0.6) is 0 Å². The molecular weight excluding hydrogens is 227 g/mol. The van der Waals surface area contributed by atoms with E-state index in [1.54, 1.807) is 0 Å². The third-order valence-electron chi connectivity index (χ3n) is 0.860. The second-order valence-corrected chi connectivity index (χ2v) is 2.13. The third-order valence-corrected chi connectivity index (χ3v) is 0.860. The Hall–Kier alpha value is -0.967. The zero-order valence-electron chi connectivity index (χ0n) is 7.42. The van der Waals surface area contributed by atoms with Crippen LogP contribution in [-0.2, 0) is 33.8 Å². The second-order valence-electron chi connectivity index (χ2n) is 2.13. The first-order valence-corrected chi connectivity index (χ1v) is 3.25. The number of Topliss-reactive ketones (excluding diaryl/α,β-unsaturated/α-hetero) is 1. The molecule has 0 unspecified atom stereocenters. The molecule has 7 heteroatoms. The molecule has 0 saturated carbocycles. The molecule has 4 N–H and O–H groups in total. The molecule has 0 heterocycles. The molecule has 0 aliphatic heterocycles. The number of nitrogens with one attached hydrogen (secondary N) is 2. The Morgan fingerprint density at radius 3 is 2.46 bits per heavy atom. The van der Waals surface area contributed by atoms with E-state index in [0.29, 0.717) is 0 Å². The normalized spacial score (nSPS) is 8.08. The van der Waals surface area contributed by atoms with Crippen molar-refractivity contribution in [3.63, 3.8) is 0 Å². The van der Waals surface area contributed by atoms with Crippen molar-refractivity contribution in [2.75, 3.05) is 13.2 Å². The fourth-order valence-corrected chi connectivity index (χ4v) is 0.401. The maximum atomic E-state index is 10.7. The molecule has 0 atom stereocenters. The minimum Gasteiger partial charge on any atom is -0.456 e. The summed E-state index contributed by atoms with van der Waals surface area (Å²) >= 11 is 0. The Morgan fingerprint density at radius 1 is 1.54 bits per heavy atom. The number of ether oxygens (including phenoxy) is 1. The van der Waals surface area contributed by atoms with E-state index >= 15 is 0 Å². The average molecular weight is 239 g/mol. The summed E-state index contributed by atoms with van der Waals surface area (Å²) in [6, 6.07) is 0. The van der Waals surface area contributed by atoms with Crippen molar-refractivity contribution >= 4 is 17.7 Å². The number of rotatable bonds is 4. The molecule has 0 aliphatic rings. The number of esters is 1. The molecule has 0 aromatic carbocycles. The minimum atomic E-state index is -0.611. The summed E-state index contributed by atoms with van der Waals surface area (Å²) in [4.78, 5) is 21.0. The molecular formula is C6H11N3O3Zn. The average Bonchev–Trinajstić information content (AvgIpc) is 1.96. The molecule has 6 nitrogen and oxygen atoms in total. The van der Waals surface area contributed by atoms with Crippen LogP contribution in [0.3, 0.4) is 0 Å². The van der Waals surface area contributed by atoms with Crippen LogP contribution in [0.2, 0.25) is 0 Å². The van der Waals surface area contributed by atoms with Gasteiger partial charge in [0.05, 0.1) is 0 Å². The molecule has 0 fully saturated rings. The summed E-state index contributed by atoms with van der Waals surface area (Å²) in [7, 11) is 0. The van der Waals surface area contributed by atoms with Crippen molar-refractivity contribution in [3.05, 3.63) is 0 Å². The Kier molecular flexibility index (Phi) is 8.59. The van der Waals surface area contributed by atoms with Crippen molar-refractivity contribution in [1.29, 1.82) is 5.41 Å². The van der Waals surface area contributed by atoms with E-state index < -0.39 is 5.97 Å². The maximum absolute atomic E-state index is 10.7. The van der Waals surface area contributed by atoms with Gasteiger partial charge in [-0.3, -0.25) is 15.0 Å². The number of nitrogens with two attached hydrogens (primary N) is 1. The first kappa shape index (κ1) is 14.6. The molecule has 0 aliphatic carbocycles. The van der Waals surface area contributed by atoms with E-state index in [1.165, 1.54) is 6.92 Å². The topological polar surface area (TPSA) is 105 Å². The van der Waals surface area contributed by atoms with Gasteiger partial charge in [-0.05, 0) is 6.92 Å². The standard InChI is InChI=1S/C6H11N3O3.Zn/c1-4(10)3-12-5(11)2-9-6(7)8;/h2-3H2,1H3,(H4,7,8,9);. The van der Waals surface area contributed by atoms with Gasteiger partial charge >= 0.3 is 5.97 Å². The summed E-state index contributed by atoms with van der Waals surface area (Å²) in [5, 5.41) is 8.94. The van der Waals surface area contributed by atoms with Crippen molar-refractivity contribution < 1.29 is 33.8 Å². The van der Waals surface area contributed by atoms with Gasteiger partial charge < -0.3 is 15.8 Å². The minimum absolute atomic E-state index is 0. The van der Waals surface area contributed by atoms with E-state index in [2.05, 4.69) is 10.1 Å². The first-order valence-electron chi connectivity index (χ1n) is 3.25. The molecule has 0 saturated heterocycles. The summed E-state index contributed by atoms with van der Waals surface area (Å²) < 4.78 is 4.45. The van der Waals surface area contributed by atoms with Gasteiger partial charge in [-0.15, -0.1) is 0 Å². The van der Waals surface area contributed by atoms with E-state index in [4.69, 9.17) is 11.1 Å². The zero-order chi connectivity index (χ0) is 9.56. The maximum Gasteiger partial charge on any atom is 0.325 e. The molecule has 0 bridgehead atoms. The van der Waals surface area contributed by atoms with E-state index in [-0.39, 0.29) is 44.4 Å². The van der Waals surface area contributed by atoms with Crippen LogP contribution in [0.4, 0.5) is 0 Å². The predicted molar refractivity (Wildman–Crippen MR) is 41.6 cm³/mol. The molecule has 0 spiro atoms. The smallest absolute Gasteiger partial charge is 0.325 e. The second kappa shape index (κ2) is 7.67. The Bertz CT molecular complexity index is 187. The molecule has 13 heavy (non-hydrogen) atoms. The first-order chi connectivity index (χ1) is 5.52. The fourth-order valence-electron chi connectivity index (χ4n) is 0.401. The van der Waals surface area contributed by atoms with Crippen LogP contribution in [-0.4, -0.2) is 30.9 Å². The van der Waals surface area contributed by atoms with Crippen molar-refractivity contribution in [3.8, 4) is 0 Å². The van der Waals surface area contributed by atoms with Crippen molar-refractivity contribution in [2.24, 2.45) is 5.73 Å². The number of guanidine groups is 1. The van der Waals surface area contributed by atoms with E-state index in [0.717, 1.165) is 0 Å². The van der Waals surface area contributed by atoms with Crippen LogP contribution in [0, 0.1) is 5.41 Å². The fraction of sp³-hybridized carbons (Fsp3) is 0.500. The molecule has 0 radical (unpaired) electrons. The number of hydrogen-bond acceptors (Lipinski definition) is 4. The van der Waals surface area contributed by atoms with Gasteiger partial charge in [0.1, 0.15) is 13.2 Å². The van der Waals surface area contributed by atoms with Gasteiger partial charge in [-0.2, -0.15) is 0 Å². The van der Waals surface area contributed by atoms with Gasteiger partial charge in [0.2, 0.25) is 0 Å². The Balaban J connectivity index is 0. The van der Waals surface area contributed by atoms with Gasteiger partial charge in [0.15, 0.2) is 11.7 Å². The van der Waals surface area contributed by atoms with Gasteiger partial charge in [-0.25, -0.2) is 0 Å². The largest absolute Gasteiger partial charge is 0.456 e. The molecule has 70 valence electrons. The number of ketones is 1. The van der Waals surface area contributed by atoms with Gasteiger partial charge in [0, 0.05) is 19.5 Å². The molecule has 0 amide bonds. The predicted octanol–water partition coefficient (Wildman–Crippen LogP) is -1.40. The number of carbonyl (C=O) groups excluding carboxylic acids is 2. The third kappa shape index (κ3) is 11.0. The Labute approximate surface area is 88.5 Å². The number of hydrogen-bond donors (Lipinski definition) is 3. The van der Waals surface area contributed by atoms with Crippen LogP contribution in [0.1, 0.15) is 6.92 Å². The van der Waals surface area contributed by atoms with Crippen LogP contribution in [0.25, 0.3) is 0 Å². The summed E-state index contributed by atoms with van der Waals surface area (Å²) in [5.74, 6) is -1.15. The SMILES string of the molecule is CC(=O)COC(=O)CNC(=N)N.[Zn]. The van der Waals surface area contributed by atoms with E-state index in [1.807, 2.05) is 0 Å². The summed E-state index contributed by atoms with van der Waals surface area (Å²) in [5.41, 5.74) is 4.89. The Morgan fingerprint density at radius 2 is 2.08 bits per heavy atom. The van der Waals surface area contributed by atoms with Crippen LogP contribution in [0.15, 0.2) is 0 Å². The van der Waals surface area contributed by atoms with Gasteiger partial charge in [0.25, 0.3) is 0 Å². The van der Waals surface area contributed by atoms with Crippen molar-refractivity contribution in [1.82, 2.24) is 5.32 Å². The summed E-state index contributed by atoms with van der Waals surface area (Å²) in [6.45, 7) is 0.882. The van der Waals surface area contributed by atoms with E-state index in [9.17, 15) is 9.59 Å². The van der Waals surface area contributed by atoms with Crippen LogP contribution >= 0.6 is 0 Å². The number of carbonyl (C=O) groups is 2. The quantitative estimate of drug-likeness (QED) is 0.242. The van der Waals surface area contributed by atoms with Gasteiger partial charge in [-0.1, -0.05) is 0 Å². The zero-order valence-corrected chi connectivity index (χ0v) is 10.4. The molecule has 0 aromatic heterocycles. The monoisotopic (exact) mass is 237 g/mol. The summed E-state index contributed by atoms with van der Waals surface area (Å²) in [6.07, 6.45) is 0. The van der Waals surface area contributed by atoms with Crippen LogP contribution < -0.4 is 11.1 Å².